The quantitative estimate of drug-likeness (QED) is 0.618. The number of anilines is 1. The molecule has 2 amide bonds. The molecule has 5 N–H and O–H groups in total. The zero-order chi connectivity index (χ0) is 19.3. The van der Waals surface area contributed by atoms with E-state index in [0.29, 0.717) is 6.07 Å². The van der Waals surface area contributed by atoms with Crippen molar-refractivity contribution in [2.24, 2.45) is 5.73 Å². The van der Waals surface area contributed by atoms with E-state index in [1.807, 2.05) is 0 Å². The second kappa shape index (κ2) is 8.17. The number of carbonyl (C=O) groups is 3. The van der Waals surface area contributed by atoms with Crippen LogP contribution < -0.4 is 16.4 Å². The fourth-order valence-electron chi connectivity index (χ4n) is 2.15. The molecule has 9 heteroatoms. The number of aliphatic carboxylic acids is 1. The van der Waals surface area contributed by atoms with E-state index in [1.165, 1.54) is 24.3 Å². The number of carboxylic acid groups (broad SMARTS) is 1. The van der Waals surface area contributed by atoms with Gasteiger partial charge in [-0.1, -0.05) is 18.2 Å². The highest BCUT2D eigenvalue weighted by Gasteiger charge is 2.21. The Morgan fingerprint density at radius 3 is 2.46 bits per heavy atom. The number of benzene rings is 2. The van der Waals surface area contributed by atoms with E-state index in [0.717, 1.165) is 12.1 Å². The Hall–Kier alpha value is -3.33. The maximum absolute atomic E-state index is 13.5. The first-order valence-corrected chi connectivity index (χ1v) is 7.40. The van der Waals surface area contributed by atoms with Gasteiger partial charge < -0.3 is 21.5 Å². The van der Waals surface area contributed by atoms with Gasteiger partial charge in [0.2, 0.25) is 5.91 Å². The molecule has 0 fully saturated rings. The van der Waals surface area contributed by atoms with Crippen molar-refractivity contribution in [3.05, 3.63) is 65.2 Å². The van der Waals surface area contributed by atoms with Gasteiger partial charge in [0, 0.05) is 11.6 Å². The molecule has 1 atom stereocenters. The minimum Gasteiger partial charge on any atom is -0.480 e. The summed E-state index contributed by atoms with van der Waals surface area (Å²) in [6.45, 7) is -0.508. The summed E-state index contributed by atoms with van der Waals surface area (Å²) in [5.74, 6) is -4.52. The van der Waals surface area contributed by atoms with Crippen molar-refractivity contribution in [3.63, 3.8) is 0 Å². The van der Waals surface area contributed by atoms with E-state index < -0.39 is 42.0 Å². The zero-order valence-electron chi connectivity index (χ0n) is 13.3. The first kappa shape index (κ1) is 19.0. The largest absolute Gasteiger partial charge is 0.480 e. The van der Waals surface area contributed by atoms with Gasteiger partial charge in [-0.05, 0) is 23.8 Å². The third-order valence-electron chi connectivity index (χ3n) is 3.42. The van der Waals surface area contributed by atoms with Crippen molar-refractivity contribution in [2.75, 3.05) is 11.9 Å². The second-order valence-electron chi connectivity index (χ2n) is 5.26. The van der Waals surface area contributed by atoms with Gasteiger partial charge in [0.1, 0.15) is 17.7 Å². The molecule has 2 rings (SSSR count). The van der Waals surface area contributed by atoms with Crippen molar-refractivity contribution in [2.45, 2.75) is 6.04 Å². The Bertz CT molecular complexity index is 858. The summed E-state index contributed by atoms with van der Waals surface area (Å²) in [5.41, 5.74) is 5.38. The Morgan fingerprint density at radius 2 is 1.81 bits per heavy atom. The van der Waals surface area contributed by atoms with Gasteiger partial charge in [-0.2, -0.15) is 0 Å². The highest BCUT2D eigenvalue weighted by atomic mass is 19.1. The molecule has 0 aromatic heterocycles. The summed E-state index contributed by atoms with van der Waals surface area (Å²) >= 11 is 0. The molecule has 0 saturated heterocycles. The number of carboxylic acids is 1. The van der Waals surface area contributed by atoms with Crippen LogP contribution in [0.1, 0.15) is 22.0 Å². The van der Waals surface area contributed by atoms with Crippen molar-refractivity contribution in [1.29, 1.82) is 0 Å². The first-order chi connectivity index (χ1) is 12.3. The van der Waals surface area contributed by atoms with E-state index in [9.17, 15) is 23.2 Å². The predicted molar refractivity (Wildman–Crippen MR) is 88.3 cm³/mol. The Kier molecular flexibility index (Phi) is 5.97. The lowest BCUT2D eigenvalue weighted by molar-refractivity contribution is -0.138. The minimum atomic E-state index is -1.40. The normalized spacial score (nSPS) is 11.5. The molecule has 0 aliphatic rings. The molecule has 0 aliphatic carbocycles. The van der Waals surface area contributed by atoms with Crippen LogP contribution in [0, 0.1) is 11.6 Å². The minimum absolute atomic E-state index is 0.00293. The summed E-state index contributed by atoms with van der Waals surface area (Å²) in [7, 11) is 0. The van der Waals surface area contributed by atoms with Crippen LogP contribution in [0.3, 0.4) is 0 Å². The summed E-state index contributed by atoms with van der Waals surface area (Å²) in [4.78, 5) is 35.0. The number of rotatable bonds is 6. The van der Waals surface area contributed by atoms with Crippen LogP contribution in [0.25, 0.3) is 0 Å². The first-order valence-electron chi connectivity index (χ1n) is 7.40. The van der Waals surface area contributed by atoms with Gasteiger partial charge in [-0.3, -0.25) is 14.4 Å². The Labute approximate surface area is 146 Å². The van der Waals surface area contributed by atoms with Crippen LogP contribution in [0.15, 0.2) is 42.5 Å². The van der Waals surface area contributed by atoms with E-state index >= 15 is 0 Å². The lowest BCUT2D eigenvalue weighted by Gasteiger charge is -2.13. The summed E-state index contributed by atoms with van der Waals surface area (Å²) in [6.07, 6.45) is 0. The van der Waals surface area contributed by atoms with Gasteiger partial charge in [0.05, 0.1) is 12.2 Å². The molecule has 26 heavy (non-hydrogen) atoms. The van der Waals surface area contributed by atoms with Gasteiger partial charge in [-0.25, -0.2) is 8.78 Å². The number of halogens is 2. The Morgan fingerprint density at radius 1 is 1.12 bits per heavy atom. The molecule has 2 aromatic carbocycles. The van der Waals surface area contributed by atoms with Gasteiger partial charge >= 0.3 is 5.97 Å². The van der Waals surface area contributed by atoms with Crippen LogP contribution in [0.2, 0.25) is 0 Å². The number of hydrogen-bond acceptors (Lipinski definition) is 4. The molecule has 136 valence electrons. The third kappa shape index (κ3) is 4.61. The molecule has 1 unspecified atom stereocenters. The van der Waals surface area contributed by atoms with E-state index in [2.05, 4.69) is 10.6 Å². The lowest BCUT2D eigenvalue weighted by atomic mass is 10.0. The second-order valence-corrected chi connectivity index (χ2v) is 5.26. The number of hydrogen-bond donors (Lipinski definition) is 4. The van der Waals surface area contributed by atoms with Gasteiger partial charge in [0.15, 0.2) is 0 Å². The summed E-state index contributed by atoms with van der Waals surface area (Å²) in [5, 5.41) is 13.5. The van der Waals surface area contributed by atoms with E-state index in [4.69, 9.17) is 10.8 Å². The van der Waals surface area contributed by atoms with Crippen molar-refractivity contribution in [1.82, 2.24) is 5.32 Å². The third-order valence-corrected chi connectivity index (χ3v) is 3.42. The monoisotopic (exact) mass is 363 g/mol. The van der Waals surface area contributed by atoms with Crippen molar-refractivity contribution >= 4 is 23.5 Å². The molecule has 0 heterocycles. The van der Waals surface area contributed by atoms with E-state index in [-0.39, 0.29) is 16.8 Å². The maximum Gasteiger partial charge on any atom is 0.325 e. The maximum atomic E-state index is 13.5. The van der Waals surface area contributed by atoms with Crippen molar-refractivity contribution in [3.8, 4) is 0 Å². The summed E-state index contributed by atoms with van der Waals surface area (Å²) in [6, 6.07) is 7.02. The molecule has 0 spiro atoms. The number of nitrogens with two attached hydrogens (primary N) is 1. The zero-order valence-corrected chi connectivity index (χ0v) is 13.3. The fraction of sp³-hybridized carbons (Fsp3) is 0.118. The molecular formula is C17H15F2N3O4. The van der Waals surface area contributed by atoms with Crippen LogP contribution in [0.4, 0.5) is 14.5 Å². The molecule has 2 aromatic rings. The average Bonchev–Trinajstić information content (AvgIpc) is 2.61. The van der Waals surface area contributed by atoms with Gasteiger partial charge in [0.25, 0.3) is 5.91 Å². The van der Waals surface area contributed by atoms with Crippen molar-refractivity contribution < 1.29 is 28.3 Å². The highest BCUT2D eigenvalue weighted by molar-refractivity contribution is 6.01. The molecule has 0 radical (unpaired) electrons. The van der Waals surface area contributed by atoms with E-state index in [1.54, 1.807) is 0 Å². The lowest BCUT2D eigenvalue weighted by Crippen LogP contribution is -2.34. The number of amides is 2. The molecule has 0 saturated carbocycles. The van der Waals surface area contributed by atoms with Crippen LogP contribution in [-0.2, 0) is 9.59 Å². The summed E-state index contributed by atoms with van der Waals surface area (Å²) < 4.78 is 26.3. The predicted octanol–water partition coefficient (Wildman–Crippen LogP) is 1.42. The average molecular weight is 363 g/mol. The molecular weight excluding hydrogens is 348 g/mol. The van der Waals surface area contributed by atoms with Gasteiger partial charge in [-0.15, -0.1) is 0 Å². The molecule has 0 bridgehead atoms. The topological polar surface area (TPSA) is 122 Å². The Balaban J connectivity index is 2.02. The fourth-order valence-corrected chi connectivity index (χ4v) is 2.15. The van der Waals surface area contributed by atoms with Crippen LogP contribution in [-0.4, -0.2) is 29.4 Å². The number of nitrogens with one attached hydrogen (secondary N) is 2. The smallest absolute Gasteiger partial charge is 0.325 e. The van der Waals surface area contributed by atoms with Crippen LogP contribution >= 0.6 is 0 Å². The number of carbonyl (C=O) groups excluding carboxylic acids is 2. The standard InChI is InChI=1S/C17H15F2N3O4/c18-9-5-6-13(12(19)7-9)22-14(23)8-21-16(24)11-4-2-1-3-10(11)15(20)17(25)26/h1-7,15H,8,20H2,(H,21,24)(H,22,23)(H,25,26). The SMILES string of the molecule is NC(C(=O)O)c1ccccc1C(=O)NCC(=O)Nc1ccc(F)cc1F. The van der Waals surface area contributed by atoms with Crippen LogP contribution in [0.5, 0.6) is 0 Å². The molecule has 0 aliphatic heterocycles. The highest BCUT2D eigenvalue weighted by Crippen LogP contribution is 2.17. The molecule has 7 nitrogen and oxygen atoms in total.